The normalized spacial score (nSPS) is 10.4. The summed E-state index contributed by atoms with van der Waals surface area (Å²) in [4.78, 5) is 2.04. The van der Waals surface area contributed by atoms with Gasteiger partial charge in [0.15, 0.2) is 6.79 Å². The minimum absolute atomic E-state index is 0.235. The van der Waals surface area contributed by atoms with E-state index >= 15 is 0 Å². The Kier molecular flexibility index (Phi) is 9.90. The first-order chi connectivity index (χ1) is 6.85. The summed E-state index contributed by atoms with van der Waals surface area (Å²) in [5.41, 5.74) is 0. The molecule has 82 valence electrons. The van der Waals surface area contributed by atoms with Gasteiger partial charge in [0, 0.05) is 20.2 Å². The van der Waals surface area contributed by atoms with E-state index < -0.39 is 0 Å². The van der Waals surface area contributed by atoms with Crippen LogP contribution in [0.2, 0.25) is 0 Å². The van der Waals surface area contributed by atoms with Crippen molar-refractivity contribution >= 4 is 0 Å². The van der Waals surface area contributed by atoms with Gasteiger partial charge < -0.3 is 14.2 Å². The summed E-state index contributed by atoms with van der Waals surface area (Å²) in [6, 6.07) is 0. The van der Waals surface area contributed by atoms with Gasteiger partial charge in [0.2, 0.25) is 0 Å². The van der Waals surface area contributed by atoms with E-state index in [9.17, 15) is 0 Å². The van der Waals surface area contributed by atoms with Crippen molar-refractivity contribution in [3.8, 4) is 0 Å². The summed E-state index contributed by atoms with van der Waals surface area (Å²) in [6.45, 7) is 9.85. The number of ether oxygens (including phenoxy) is 3. The number of rotatable bonds is 10. The third-order valence-electron chi connectivity index (χ3n) is 1.42. The van der Waals surface area contributed by atoms with Gasteiger partial charge >= 0.3 is 0 Å². The van der Waals surface area contributed by atoms with Crippen LogP contribution in [0.1, 0.15) is 0 Å². The van der Waals surface area contributed by atoms with Gasteiger partial charge in [-0.2, -0.15) is 0 Å². The van der Waals surface area contributed by atoms with Gasteiger partial charge in [-0.05, 0) is 0 Å². The van der Waals surface area contributed by atoms with Crippen molar-refractivity contribution in [2.24, 2.45) is 0 Å². The fourth-order valence-electron chi connectivity index (χ4n) is 0.888. The zero-order valence-electron chi connectivity index (χ0n) is 8.78. The van der Waals surface area contributed by atoms with Crippen molar-refractivity contribution in [2.75, 3.05) is 40.5 Å². The molecule has 0 rings (SSSR count). The summed E-state index contributed by atoms with van der Waals surface area (Å²) in [5.74, 6) is 0. The van der Waals surface area contributed by atoms with E-state index in [0.717, 1.165) is 13.1 Å². The summed E-state index contributed by atoms with van der Waals surface area (Å²) in [6.07, 6.45) is 3.64. The van der Waals surface area contributed by atoms with Crippen LogP contribution in [0.4, 0.5) is 0 Å². The van der Waals surface area contributed by atoms with Gasteiger partial charge in [0.05, 0.1) is 0 Å². The van der Waals surface area contributed by atoms with Crippen molar-refractivity contribution < 1.29 is 14.2 Å². The number of hydrogen-bond donors (Lipinski definition) is 0. The monoisotopic (exact) mass is 201 g/mol. The highest BCUT2D eigenvalue weighted by Crippen LogP contribution is 1.90. The van der Waals surface area contributed by atoms with Crippen LogP contribution in [0.5, 0.6) is 0 Å². The molecule has 0 aliphatic carbocycles. The SMILES string of the molecule is C=CCN(CC=C)COCOCOC. The molecule has 0 unspecified atom stereocenters. The standard InChI is InChI=1S/C10H19NO3/c1-4-6-11(7-5-2)8-13-10-14-9-12-3/h4-5H,1-2,6-10H2,3H3. The molecule has 0 fully saturated rings. The molecule has 0 radical (unpaired) electrons. The van der Waals surface area contributed by atoms with E-state index in [4.69, 9.17) is 14.2 Å². The Morgan fingerprint density at radius 2 is 1.71 bits per heavy atom. The highest BCUT2D eigenvalue weighted by atomic mass is 16.7. The summed E-state index contributed by atoms with van der Waals surface area (Å²) in [7, 11) is 1.57. The first-order valence-corrected chi connectivity index (χ1v) is 4.43. The zero-order chi connectivity index (χ0) is 10.6. The Labute approximate surface area is 85.7 Å². The van der Waals surface area contributed by atoms with Crippen molar-refractivity contribution in [1.29, 1.82) is 0 Å². The highest BCUT2D eigenvalue weighted by Gasteiger charge is 1.99. The molecule has 0 saturated carbocycles. The Morgan fingerprint density at radius 1 is 1.07 bits per heavy atom. The minimum Gasteiger partial charge on any atom is -0.359 e. The Balaban J connectivity index is 3.39. The van der Waals surface area contributed by atoms with Crippen LogP contribution >= 0.6 is 0 Å². The summed E-state index contributed by atoms with van der Waals surface area (Å²) in [5, 5.41) is 0. The molecular weight excluding hydrogens is 182 g/mol. The van der Waals surface area contributed by atoms with Crippen molar-refractivity contribution in [2.45, 2.75) is 0 Å². The maximum absolute atomic E-state index is 5.23. The van der Waals surface area contributed by atoms with E-state index in [2.05, 4.69) is 13.2 Å². The summed E-state index contributed by atoms with van der Waals surface area (Å²) < 4.78 is 14.9. The van der Waals surface area contributed by atoms with Crippen molar-refractivity contribution in [3.05, 3.63) is 25.3 Å². The quantitative estimate of drug-likeness (QED) is 0.302. The smallest absolute Gasteiger partial charge is 0.151 e. The molecule has 4 heteroatoms. The average molecular weight is 201 g/mol. The second-order valence-corrected chi connectivity index (χ2v) is 2.68. The Bertz CT molecular complexity index is 140. The molecule has 0 aromatic heterocycles. The van der Waals surface area contributed by atoms with Crippen LogP contribution < -0.4 is 0 Å². The van der Waals surface area contributed by atoms with Crippen LogP contribution in [-0.2, 0) is 14.2 Å². The lowest BCUT2D eigenvalue weighted by Crippen LogP contribution is -2.27. The lowest BCUT2D eigenvalue weighted by atomic mass is 10.5. The summed E-state index contributed by atoms with van der Waals surface area (Å²) >= 11 is 0. The van der Waals surface area contributed by atoms with Gasteiger partial charge in [-0.3, -0.25) is 4.90 Å². The molecule has 0 spiro atoms. The van der Waals surface area contributed by atoms with Crippen molar-refractivity contribution in [1.82, 2.24) is 4.90 Å². The zero-order valence-corrected chi connectivity index (χ0v) is 8.78. The van der Waals surface area contributed by atoms with Crippen LogP contribution in [0.15, 0.2) is 25.3 Å². The van der Waals surface area contributed by atoms with Crippen LogP contribution in [-0.4, -0.2) is 45.4 Å². The molecule has 0 amide bonds. The minimum atomic E-state index is 0.235. The molecule has 0 aromatic rings. The molecule has 0 bridgehead atoms. The first kappa shape index (κ1) is 13.3. The van der Waals surface area contributed by atoms with Crippen LogP contribution in [0.25, 0.3) is 0 Å². The predicted octanol–water partition coefficient (Wildman–Crippen LogP) is 1.21. The maximum Gasteiger partial charge on any atom is 0.151 e. The van der Waals surface area contributed by atoms with E-state index in [-0.39, 0.29) is 13.6 Å². The maximum atomic E-state index is 5.23. The van der Waals surface area contributed by atoms with E-state index in [1.165, 1.54) is 0 Å². The van der Waals surface area contributed by atoms with Gasteiger partial charge in [-0.25, -0.2) is 0 Å². The fourth-order valence-corrected chi connectivity index (χ4v) is 0.888. The molecule has 14 heavy (non-hydrogen) atoms. The lowest BCUT2D eigenvalue weighted by molar-refractivity contribution is -0.137. The number of nitrogens with zero attached hydrogens (tertiary/aromatic N) is 1. The topological polar surface area (TPSA) is 30.9 Å². The first-order valence-electron chi connectivity index (χ1n) is 4.43. The second kappa shape index (κ2) is 10.4. The molecule has 0 saturated heterocycles. The van der Waals surface area contributed by atoms with E-state index in [0.29, 0.717) is 6.73 Å². The second-order valence-electron chi connectivity index (χ2n) is 2.68. The third-order valence-corrected chi connectivity index (χ3v) is 1.42. The Hall–Kier alpha value is -0.680. The number of methoxy groups -OCH3 is 1. The van der Waals surface area contributed by atoms with E-state index in [1.807, 2.05) is 17.1 Å². The molecule has 0 aromatic carbocycles. The fraction of sp³-hybridized carbons (Fsp3) is 0.600. The third kappa shape index (κ3) is 7.94. The molecule has 0 N–H and O–H groups in total. The molecular formula is C10H19NO3. The highest BCUT2D eigenvalue weighted by molar-refractivity contribution is 4.78. The predicted molar refractivity (Wildman–Crippen MR) is 55.7 cm³/mol. The molecule has 4 nitrogen and oxygen atoms in total. The average Bonchev–Trinajstić information content (AvgIpc) is 2.18. The Morgan fingerprint density at radius 3 is 2.21 bits per heavy atom. The molecule has 0 aliphatic heterocycles. The van der Waals surface area contributed by atoms with Gasteiger partial charge in [-0.1, -0.05) is 12.2 Å². The van der Waals surface area contributed by atoms with Crippen molar-refractivity contribution in [3.63, 3.8) is 0 Å². The molecule has 0 heterocycles. The van der Waals surface area contributed by atoms with E-state index in [1.54, 1.807) is 7.11 Å². The van der Waals surface area contributed by atoms with Gasteiger partial charge in [0.1, 0.15) is 13.5 Å². The molecule has 0 atom stereocenters. The van der Waals surface area contributed by atoms with Gasteiger partial charge in [0.25, 0.3) is 0 Å². The van der Waals surface area contributed by atoms with Crippen LogP contribution in [0.3, 0.4) is 0 Å². The number of hydrogen-bond acceptors (Lipinski definition) is 4. The molecule has 0 aliphatic rings. The lowest BCUT2D eigenvalue weighted by Gasteiger charge is -2.18. The van der Waals surface area contributed by atoms with Gasteiger partial charge in [-0.15, -0.1) is 13.2 Å². The van der Waals surface area contributed by atoms with Crippen LogP contribution in [0, 0.1) is 0 Å². The largest absolute Gasteiger partial charge is 0.359 e.